The van der Waals surface area contributed by atoms with Crippen LogP contribution in [0.25, 0.3) is 11.4 Å². The molecular formula is C12H7Cl2FN2O. The fourth-order valence-corrected chi connectivity index (χ4v) is 2.23. The van der Waals surface area contributed by atoms with Crippen LogP contribution in [0.2, 0.25) is 10.2 Å². The molecular weight excluding hydrogens is 278 g/mol. The highest BCUT2D eigenvalue weighted by atomic mass is 35.5. The van der Waals surface area contributed by atoms with Gasteiger partial charge in [0, 0.05) is 11.4 Å². The molecule has 0 radical (unpaired) electrons. The van der Waals surface area contributed by atoms with Crippen molar-refractivity contribution in [3.63, 3.8) is 0 Å². The van der Waals surface area contributed by atoms with Gasteiger partial charge in [-0.3, -0.25) is 0 Å². The molecule has 0 spiro atoms. The van der Waals surface area contributed by atoms with Crippen molar-refractivity contribution in [3.8, 4) is 17.1 Å². The number of nitrogens with zero attached hydrogens (tertiary/aromatic N) is 2. The molecule has 0 saturated carbocycles. The van der Waals surface area contributed by atoms with E-state index in [1.54, 1.807) is 0 Å². The highest BCUT2D eigenvalue weighted by Gasteiger charge is 2.21. The smallest absolute Gasteiger partial charge is 0.178 e. The summed E-state index contributed by atoms with van der Waals surface area (Å²) < 4.78 is 19.0. The van der Waals surface area contributed by atoms with Gasteiger partial charge < -0.3 is 4.74 Å². The van der Waals surface area contributed by atoms with Gasteiger partial charge in [-0.25, -0.2) is 14.4 Å². The summed E-state index contributed by atoms with van der Waals surface area (Å²) in [5, 5.41) is 0.620. The van der Waals surface area contributed by atoms with E-state index in [-0.39, 0.29) is 16.5 Å². The zero-order valence-corrected chi connectivity index (χ0v) is 10.6. The maximum absolute atomic E-state index is 13.7. The van der Waals surface area contributed by atoms with Gasteiger partial charge >= 0.3 is 0 Å². The Kier molecular flexibility index (Phi) is 2.84. The van der Waals surface area contributed by atoms with E-state index in [0.717, 1.165) is 0 Å². The molecule has 0 aliphatic carbocycles. The lowest BCUT2D eigenvalue weighted by atomic mass is 10.2. The molecule has 1 aromatic carbocycles. The van der Waals surface area contributed by atoms with Crippen LogP contribution in [0, 0.1) is 5.82 Å². The second-order valence-corrected chi connectivity index (χ2v) is 4.63. The van der Waals surface area contributed by atoms with Crippen LogP contribution in [-0.4, -0.2) is 16.6 Å². The number of benzene rings is 1. The van der Waals surface area contributed by atoms with Crippen LogP contribution >= 0.6 is 23.2 Å². The summed E-state index contributed by atoms with van der Waals surface area (Å²) in [5.41, 5.74) is 0.934. The molecule has 0 unspecified atom stereocenters. The Bertz CT molecular complexity index is 634. The van der Waals surface area contributed by atoms with Gasteiger partial charge in [-0.05, 0) is 18.2 Å². The van der Waals surface area contributed by atoms with Crippen LogP contribution in [0.15, 0.2) is 18.2 Å². The quantitative estimate of drug-likeness (QED) is 0.752. The largest absolute Gasteiger partial charge is 0.488 e. The Labute approximate surface area is 113 Å². The van der Waals surface area contributed by atoms with Crippen LogP contribution < -0.4 is 4.74 Å². The predicted molar refractivity (Wildman–Crippen MR) is 66.6 cm³/mol. The number of hydrogen-bond acceptors (Lipinski definition) is 3. The third-order valence-corrected chi connectivity index (χ3v) is 3.14. The second-order valence-electron chi connectivity index (χ2n) is 3.84. The van der Waals surface area contributed by atoms with E-state index in [1.807, 2.05) is 0 Å². The van der Waals surface area contributed by atoms with Crippen molar-refractivity contribution in [2.45, 2.75) is 6.42 Å². The summed E-state index contributed by atoms with van der Waals surface area (Å²) in [4.78, 5) is 8.31. The highest BCUT2D eigenvalue weighted by molar-refractivity contribution is 6.31. The molecule has 6 heteroatoms. The molecule has 92 valence electrons. The van der Waals surface area contributed by atoms with Gasteiger partial charge in [0.15, 0.2) is 16.7 Å². The Balaban J connectivity index is 2.18. The van der Waals surface area contributed by atoms with Crippen LogP contribution in [0.5, 0.6) is 5.75 Å². The van der Waals surface area contributed by atoms with Crippen LogP contribution in [0.4, 0.5) is 4.39 Å². The fourth-order valence-electron chi connectivity index (χ4n) is 1.82. The first-order valence-electron chi connectivity index (χ1n) is 5.30. The van der Waals surface area contributed by atoms with Crippen molar-refractivity contribution in [1.29, 1.82) is 0 Å². The molecule has 1 aliphatic rings. The number of fused-ring (bicyclic) bond motifs is 1. The zero-order chi connectivity index (χ0) is 12.7. The minimum Gasteiger partial charge on any atom is -0.488 e. The summed E-state index contributed by atoms with van der Waals surface area (Å²) >= 11 is 11.8. The molecule has 3 nitrogen and oxygen atoms in total. The van der Waals surface area contributed by atoms with Crippen LogP contribution in [0.3, 0.4) is 0 Å². The van der Waals surface area contributed by atoms with E-state index in [2.05, 4.69) is 9.97 Å². The summed E-state index contributed by atoms with van der Waals surface area (Å²) in [6.07, 6.45) is 0.646. The van der Waals surface area contributed by atoms with Gasteiger partial charge in [0.05, 0.1) is 17.9 Å². The third-order valence-electron chi connectivity index (χ3n) is 2.65. The van der Waals surface area contributed by atoms with Gasteiger partial charge in [0.2, 0.25) is 0 Å². The molecule has 18 heavy (non-hydrogen) atoms. The Morgan fingerprint density at radius 1 is 1.22 bits per heavy atom. The van der Waals surface area contributed by atoms with Crippen molar-refractivity contribution in [3.05, 3.63) is 39.9 Å². The van der Waals surface area contributed by atoms with Gasteiger partial charge in [-0.15, -0.1) is 0 Å². The van der Waals surface area contributed by atoms with Crippen LogP contribution in [0.1, 0.15) is 5.69 Å². The van der Waals surface area contributed by atoms with Gasteiger partial charge in [0.25, 0.3) is 0 Å². The lowest BCUT2D eigenvalue weighted by Gasteiger charge is -2.06. The number of halogens is 3. The van der Waals surface area contributed by atoms with Gasteiger partial charge in [-0.1, -0.05) is 23.2 Å². The minimum absolute atomic E-state index is 0.201. The van der Waals surface area contributed by atoms with Crippen molar-refractivity contribution < 1.29 is 9.13 Å². The second kappa shape index (κ2) is 4.37. The molecule has 0 bridgehead atoms. The Hall–Kier alpha value is -1.39. The summed E-state index contributed by atoms with van der Waals surface area (Å²) in [6.45, 7) is 0.519. The first kappa shape index (κ1) is 11.7. The van der Waals surface area contributed by atoms with Crippen molar-refractivity contribution in [1.82, 2.24) is 9.97 Å². The minimum atomic E-state index is -0.436. The van der Waals surface area contributed by atoms with E-state index in [1.165, 1.54) is 18.2 Å². The average molecular weight is 285 g/mol. The van der Waals surface area contributed by atoms with Gasteiger partial charge in [0.1, 0.15) is 5.82 Å². The number of rotatable bonds is 1. The van der Waals surface area contributed by atoms with Crippen molar-refractivity contribution >= 4 is 23.2 Å². The number of ether oxygens (including phenoxy) is 1. The van der Waals surface area contributed by atoms with Crippen molar-refractivity contribution in [2.24, 2.45) is 0 Å². The average Bonchev–Trinajstić information content (AvgIpc) is 2.81. The molecule has 2 aromatic rings. The topological polar surface area (TPSA) is 35.0 Å². The first-order valence-corrected chi connectivity index (χ1v) is 6.05. The number of hydrogen-bond donors (Lipinski definition) is 0. The summed E-state index contributed by atoms with van der Waals surface area (Å²) in [7, 11) is 0. The van der Waals surface area contributed by atoms with E-state index in [9.17, 15) is 4.39 Å². The van der Waals surface area contributed by atoms with E-state index in [0.29, 0.717) is 29.5 Å². The molecule has 0 amide bonds. The normalized spacial score (nSPS) is 13.3. The fraction of sp³-hybridized carbons (Fsp3) is 0.167. The summed E-state index contributed by atoms with van der Waals surface area (Å²) in [6, 6.07) is 4.22. The Morgan fingerprint density at radius 2 is 2.06 bits per heavy atom. The Morgan fingerprint density at radius 3 is 2.89 bits per heavy atom. The van der Waals surface area contributed by atoms with Crippen molar-refractivity contribution in [2.75, 3.05) is 6.61 Å². The molecule has 0 fully saturated rings. The maximum atomic E-state index is 13.7. The zero-order valence-electron chi connectivity index (χ0n) is 9.08. The molecule has 0 N–H and O–H groups in total. The molecule has 0 saturated heterocycles. The molecule has 3 rings (SSSR count). The third kappa shape index (κ3) is 1.91. The predicted octanol–water partition coefficient (Wildman–Crippen LogP) is 3.52. The first-order chi connectivity index (χ1) is 8.65. The lowest BCUT2D eigenvalue weighted by Crippen LogP contribution is -1.96. The van der Waals surface area contributed by atoms with E-state index < -0.39 is 5.82 Å². The SMILES string of the molecule is Fc1ccc(Cl)cc1-c1nc(Cl)c2c(n1)CCO2. The highest BCUT2D eigenvalue weighted by Crippen LogP contribution is 2.33. The maximum Gasteiger partial charge on any atom is 0.178 e. The number of aromatic nitrogens is 2. The van der Waals surface area contributed by atoms with Crippen LogP contribution in [-0.2, 0) is 6.42 Å². The molecule has 1 aromatic heterocycles. The van der Waals surface area contributed by atoms with E-state index >= 15 is 0 Å². The molecule has 0 atom stereocenters. The molecule has 2 heterocycles. The van der Waals surface area contributed by atoms with Gasteiger partial charge in [-0.2, -0.15) is 0 Å². The lowest BCUT2D eigenvalue weighted by molar-refractivity contribution is 0.356. The molecule has 1 aliphatic heterocycles. The summed E-state index contributed by atoms with van der Waals surface area (Å²) in [5.74, 6) is 0.279. The van der Waals surface area contributed by atoms with E-state index in [4.69, 9.17) is 27.9 Å². The standard InChI is InChI=1S/C12H7Cl2FN2O/c13-6-1-2-8(15)7(5-6)12-16-9-3-4-18-10(9)11(14)17-12/h1-2,5H,3-4H2. The monoisotopic (exact) mass is 284 g/mol.